The first-order valence-electron chi connectivity index (χ1n) is 7.17. The summed E-state index contributed by atoms with van der Waals surface area (Å²) < 4.78 is 10.9. The molecule has 1 aliphatic rings. The summed E-state index contributed by atoms with van der Waals surface area (Å²) in [6, 6.07) is 3.85. The first-order valence-corrected chi connectivity index (χ1v) is 7.99. The molecule has 0 saturated carbocycles. The lowest BCUT2D eigenvalue weighted by atomic mass is 10.1. The number of ketones is 1. The largest absolute Gasteiger partial charge is 0.345 e. The molecule has 2 heterocycles. The summed E-state index contributed by atoms with van der Waals surface area (Å²) in [5.74, 6) is 0.255. The quantitative estimate of drug-likeness (QED) is 0.525. The molecule has 0 unspecified atom stereocenters. The number of carbonyl (C=O) groups is 1. The molecule has 0 aromatic carbocycles. The average molecular weight is 282 g/mol. The first kappa shape index (κ1) is 14.7. The van der Waals surface area contributed by atoms with Crippen molar-refractivity contribution >= 4 is 17.1 Å². The number of ether oxygens (including phenoxy) is 2. The summed E-state index contributed by atoms with van der Waals surface area (Å²) in [6.07, 6.45) is 6.32. The Morgan fingerprint density at radius 1 is 1.21 bits per heavy atom. The predicted octanol–water partition coefficient (Wildman–Crippen LogP) is 4.34. The molecule has 0 atom stereocenters. The Labute approximate surface area is 118 Å². The minimum absolute atomic E-state index is 0.254. The van der Waals surface area contributed by atoms with Gasteiger partial charge in [-0.2, -0.15) is 0 Å². The molecule has 1 saturated heterocycles. The van der Waals surface area contributed by atoms with Gasteiger partial charge in [0.05, 0.1) is 23.0 Å². The second kappa shape index (κ2) is 7.78. The van der Waals surface area contributed by atoms with Crippen LogP contribution < -0.4 is 0 Å². The molecule has 1 fully saturated rings. The van der Waals surface area contributed by atoms with E-state index in [1.807, 2.05) is 12.1 Å². The number of hydrogen-bond donors (Lipinski definition) is 0. The van der Waals surface area contributed by atoms with E-state index in [2.05, 4.69) is 6.92 Å². The number of unbranched alkanes of at least 4 members (excludes halogenated alkanes) is 4. The number of Topliss-reactive ketones (excluding diaryl/α,β-unsaturated/α-hetero) is 1. The molecule has 4 heteroatoms. The van der Waals surface area contributed by atoms with Crippen LogP contribution in [-0.2, 0) is 9.47 Å². The van der Waals surface area contributed by atoms with Crippen molar-refractivity contribution in [2.75, 3.05) is 13.2 Å². The zero-order valence-corrected chi connectivity index (χ0v) is 12.3. The fourth-order valence-electron chi connectivity index (χ4n) is 2.16. The Morgan fingerprint density at radius 3 is 2.68 bits per heavy atom. The number of hydrogen-bond acceptors (Lipinski definition) is 4. The lowest BCUT2D eigenvalue weighted by molar-refractivity contribution is -0.0413. The van der Waals surface area contributed by atoms with Gasteiger partial charge in [0.15, 0.2) is 12.1 Å². The summed E-state index contributed by atoms with van der Waals surface area (Å²) in [6.45, 7) is 3.48. The molecule has 0 amide bonds. The predicted molar refractivity (Wildman–Crippen MR) is 76.7 cm³/mol. The van der Waals surface area contributed by atoms with Crippen molar-refractivity contribution < 1.29 is 14.3 Å². The van der Waals surface area contributed by atoms with Crippen LogP contribution in [0.5, 0.6) is 0 Å². The molecule has 3 nitrogen and oxygen atoms in total. The SMILES string of the molecule is CCCCCCCC(=O)c1ccc(C2OCCO2)s1. The van der Waals surface area contributed by atoms with E-state index in [-0.39, 0.29) is 12.1 Å². The van der Waals surface area contributed by atoms with E-state index in [0.29, 0.717) is 19.6 Å². The van der Waals surface area contributed by atoms with Crippen molar-refractivity contribution in [1.29, 1.82) is 0 Å². The van der Waals surface area contributed by atoms with Crippen molar-refractivity contribution in [3.8, 4) is 0 Å². The Kier molecular flexibility index (Phi) is 6.01. The normalized spacial score (nSPS) is 16.1. The first-order chi connectivity index (χ1) is 9.31. The average Bonchev–Trinajstić information content (AvgIpc) is 3.08. The fraction of sp³-hybridized carbons (Fsp3) is 0.667. The standard InChI is InChI=1S/C15H22O3S/c1-2-3-4-5-6-7-12(16)13-8-9-14(19-13)15-17-10-11-18-15/h8-9,15H,2-7,10-11H2,1H3. The van der Waals surface area contributed by atoms with Gasteiger partial charge in [-0.25, -0.2) is 0 Å². The fourth-order valence-corrected chi connectivity index (χ4v) is 3.14. The summed E-state index contributed by atoms with van der Waals surface area (Å²) >= 11 is 1.51. The molecule has 106 valence electrons. The van der Waals surface area contributed by atoms with Crippen LogP contribution in [0.2, 0.25) is 0 Å². The zero-order valence-electron chi connectivity index (χ0n) is 11.5. The van der Waals surface area contributed by atoms with Crippen molar-refractivity contribution in [3.05, 3.63) is 21.9 Å². The van der Waals surface area contributed by atoms with Crippen molar-refractivity contribution in [2.45, 2.75) is 51.7 Å². The van der Waals surface area contributed by atoms with Gasteiger partial charge in [-0.15, -0.1) is 11.3 Å². The molecular formula is C15H22O3S. The van der Waals surface area contributed by atoms with Gasteiger partial charge in [0.25, 0.3) is 0 Å². The second-order valence-electron chi connectivity index (χ2n) is 4.86. The lowest BCUT2D eigenvalue weighted by Crippen LogP contribution is -1.96. The Bertz CT molecular complexity index is 394. The summed E-state index contributed by atoms with van der Waals surface area (Å²) in [5.41, 5.74) is 0. The van der Waals surface area contributed by atoms with E-state index in [0.717, 1.165) is 22.6 Å². The van der Waals surface area contributed by atoms with Gasteiger partial charge in [-0.05, 0) is 18.6 Å². The minimum atomic E-state index is -0.254. The van der Waals surface area contributed by atoms with E-state index >= 15 is 0 Å². The highest BCUT2D eigenvalue weighted by Gasteiger charge is 2.21. The van der Waals surface area contributed by atoms with Crippen LogP contribution in [0.4, 0.5) is 0 Å². The van der Waals surface area contributed by atoms with E-state index in [4.69, 9.17) is 9.47 Å². The van der Waals surface area contributed by atoms with Gasteiger partial charge in [0, 0.05) is 6.42 Å². The molecule has 1 aromatic rings. The van der Waals surface area contributed by atoms with Crippen LogP contribution in [0.25, 0.3) is 0 Å². The topological polar surface area (TPSA) is 35.5 Å². The van der Waals surface area contributed by atoms with Crippen LogP contribution in [0.1, 0.15) is 66.3 Å². The van der Waals surface area contributed by atoms with E-state index < -0.39 is 0 Å². The molecule has 0 bridgehead atoms. The molecule has 2 rings (SSSR count). The molecule has 1 aliphatic heterocycles. The minimum Gasteiger partial charge on any atom is -0.345 e. The van der Waals surface area contributed by atoms with Crippen molar-refractivity contribution in [2.24, 2.45) is 0 Å². The number of carbonyl (C=O) groups excluding carboxylic acids is 1. The summed E-state index contributed by atoms with van der Waals surface area (Å²) in [5, 5.41) is 0. The van der Waals surface area contributed by atoms with Gasteiger partial charge in [-0.1, -0.05) is 32.6 Å². The van der Waals surface area contributed by atoms with Crippen LogP contribution in [0.15, 0.2) is 12.1 Å². The maximum absolute atomic E-state index is 12.0. The molecule has 0 aliphatic carbocycles. The lowest BCUT2D eigenvalue weighted by Gasteiger charge is -2.04. The highest BCUT2D eigenvalue weighted by molar-refractivity contribution is 7.14. The maximum atomic E-state index is 12.0. The smallest absolute Gasteiger partial charge is 0.193 e. The van der Waals surface area contributed by atoms with Gasteiger partial charge in [0.1, 0.15) is 0 Å². The third-order valence-corrected chi connectivity index (χ3v) is 4.41. The van der Waals surface area contributed by atoms with Crippen LogP contribution in [0.3, 0.4) is 0 Å². The van der Waals surface area contributed by atoms with Gasteiger partial charge < -0.3 is 9.47 Å². The van der Waals surface area contributed by atoms with Crippen LogP contribution in [0, 0.1) is 0 Å². The third kappa shape index (κ3) is 4.41. The highest BCUT2D eigenvalue weighted by Crippen LogP contribution is 2.30. The molecular weight excluding hydrogens is 260 g/mol. The third-order valence-electron chi connectivity index (χ3n) is 3.26. The zero-order chi connectivity index (χ0) is 13.5. The van der Waals surface area contributed by atoms with E-state index in [9.17, 15) is 4.79 Å². The summed E-state index contributed by atoms with van der Waals surface area (Å²) in [4.78, 5) is 13.9. The van der Waals surface area contributed by atoms with Gasteiger partial charge in [-0.3, -0.25) is 4.79 Å². The number of thiophene rings is 1. The van der Waals surface area contributed by atoms with Gasteiger partial charge in [0.2, 0.25) is 0 Å². The number of rotatable bonds is 8. The van der Waals surface area contributed by atoms with E-state index in [1.165, 1.54) is 30.6 Å². The Balaban J connectivity index is 1.76. The van der Waals surface area contributed by atoms with E-state index in [1.54, 1.807) is 0 Å². The maximum Gasteiger partial charge on any atom is 0.193 e. The highest BCUT2D eigenvalue weighted by atomic mass is 32.1. The monoisotopic (exact) mass is 282 g/mol. The van der Waals surface area contributed by atoms with Crippen molar-refractivity contribution in [1.82, 2.24) is 0 Å². The Hall–Kier alpha value is -0.710. The molecule has 0 radical (unpaired) electrons. The second-order valence-corrected chi connectivity index (χ2v) is 5.98. The molecule has 0 N–H and O–H groups in total. The summed E-state index contributed by atoms with van der Waals surface area (Å²) in [7, 11) is 0. The molecule has 1 aromatic heterocycles. The van der Waals surface area contributed by atoms with Crippen molar-refractivity contribution in [3.63, 3.8) is 0 Å². The van der Waals surface area contributed by atoms with Gasteiger partial charge >= 0.3 is 0 Å². The Morgan fingerprint density at radius 2 is 1.95 bits per heavy atom. The molecule has 0 spiro atoms. The van der Waals surface area contributed by atoms with Crippen LogP contribution in [-0.4, -0.2) is 19.0 Å². The van der Waals surface area contributed by atoms with Crippen LogP contribution >= 0.6 is 11.3 Å². The molecule has 19 heavy (non-hydrogen) atoms.